The number of ketones is 1. The Labute approximate surface area is 224 Å². The van der Waals surface area contributed by atoms with E-state index in [9.17, 15) is 25.2 Å². The number of carbonyl (C=O) groups is 1. The molecule has 1 unspecified atom stereocenters. The van der Waals surface area contributed by atoms with Crippen LogP contribution in [0.3, 0.4) is 0 Å². The van der Waals surface area contributed by atoms with Gasteiger partial charge in [-0.25, -0.2) is 0 Å². The van der Waals surface area contributed by atoms with Gasteiger partial charge in [0.05, 0.1) is 7.11 Å². The normalized spacial score (nSPS) is 12.3. The van der Waals surface area contributed by atoms with Crippen molar-refractivity contribution in [1.29, 1.82) is 0 Å². The first-order chi connectivity index (χ1) is 18.3. The number of allylic oxidation sites excluding steroid dienone is 2. The van der Waals surface area contributed by atoms with Gasteiger partial charge in [-0.05, 0) is 47.9 Å². The maximum atomic E-state index is 13.2. The predicted octanol–water partition coefficient (Wildman–Crippen LogP) is 7.57. The minimum absolute atomic E-state index is 0.0238. The fourth-order valence-electron chi connectivity index (χ4n) is 4.37. The second-order valence-corrected chi connectivity index (χ2v) is 9.28. The van der Waals surface area contributed by atoms with Gasteiger partial charge in [0.15, 0.2) is 5.78 Å². The highest BCUT2D eigenvalue weighted by Crippen LogP contribution is 2.44. The molecule has 3 aromatic rings. The second-order valence-electron chi connectivity index (χ2n) is 9.28. The van der Waals surface area contributed by atoms with Crippen molar-refractivity contribution >= 4 is 17.9 Å². The molecule has 0 aliphatic carbocycles. The van der Waals surface area contributed by atoms with Gasteiger partial charge < -0.3 is 25.2 Å². The Balaban J connectivity index is 1.98. The van der Waals surface area contributed by atoms with Gasteiger partial charge in [0, 0.05) is 17.5 Å². The molecule has 3 rings (SSSR count). The fraction of sp³-hybridized carbons (Fsp3) is 0.281. The molecule has 0 aliphatic heterocycles. The Hall–Kier alpha value is -4.19. The van der Waals surface area contributed by atoms with E-state index in [1.807, 2.05) is 12.2 Å². The number of carbonyl (C=O) groups excluding carboxylic acids is 1. The molecule has 0 amide bonds. The monoisotopic (exact) mass is 516 g/mol. The summed E-state index contributed by atoms with van der Waals surface area (Å²) in [7, 11) is 1.38. The smallest absolute Gasteiger partial charge is 0.193 e. The highest BCUT2D eigenvalue weighted by molar-refractivity contribution is 6.11. The molecule has 0 saturated carbocycles. The number of aromatic hydroxyl groups is 4. The van der Waals surface area contributed by atoms with Gasteiger partial charge >= 0.3 is 0 Å². The van der Waals surface area contributed by atoms with E-state index in [1.54, 1.807) is 42.5 Å². The molecule has 6 heteroatoms. The average Bonchev–Trinajstić information content (AvgIpc) is 2.91. The van der Waals surface area contributed by atoms with Crippen LogP contribution in [0, 0.1) is 0 Å². The summed E-state index contributed by atoms with van der Waals surface area (Å²) in [6.45, 7) is 2.16. The molecule has 0 bridgehead atoms. The lowest BCUT2D eigenvalue weighted by molar-refractivity contribution is 0.104. The van der Waals surface area contributed by atoms with Crippen LogP contribution in [0.25, 0.3) is 12.2 Å². The molecule has 0 saturated heterocycles. The zero-order valence-corrected chi connectivity index (χ0v) is 21.9. The van der Waals surface area contributed by atoms with E-state index < -0.39 is 5.78 Å². The number of unbranched alkanes of at least 4 members (excludes halogenated alkanes) is 4. The summed E-state index contributed by atoms with van der Waals surface area (Å²) in [5, 5.41) is 41.3. The number of hydrogen-bond donors (Lipinski definition) is 4. The van der Waals surface area contributed by atoms with Crippen LogP contribution in [0.4, 0.5) is 0 Å². The first-order valence-corrected chi connectivity index (χ1v) is 13.0. The van der Waals surface area contributed by atoms with E-state index in [4.69, 9.17) is 4.74 Å². The maximum Gasteiger partial charge on any atom is 0.193 e. The molecule has 38 heavy (non-hydrogen) atoms. The van der Waals surface area contributed by atoms with Crippen molar-refractivity contribution in [3.05, 3.63) is 89.0 Å². The van der Waals surface area contributed by atoms with Gasteiger partial charge in [-0.2, -0.15) is 0 Å². The van der Waals surface area contributed by atoms with E-state index >= 15 is 0 Å². The molecular formula is C32H36O6. The Morgan fingerprint density at radius 3 is 2.00 bits per heavy atom. The largest absolute Gasteiger partial charge is 0.508 e. The Morgan fingerprint density at radius 1 is 0.842 bits per heavy atom. The molecule has 0 fully saturated rings. The number of phenolic OH excluding ortho intramolecular Hbond substituents is 4. The van der Waals surface area contributed by atoms with E-state index in [-0.39, 0.29) is 45.8 Å². The lowest BCUT2D eigenvalue weighted by Gasteiger charge is -2.20. The van der Waals surface area contributed by atoms with Crippen LogP contribution in [0.1, 0.15) is 78.4 Å². The summed E-state index contributed by atoms with van der Waals surface area (Å²) < 4.78 is 5.35. The van der Waals surface area contributed by atoms with Crippen molar-refractivity contribution in [2.75, 3.05) is 7.11 Å². The summed E-state index contributed by atoms with van der Waals surface area (Å²) in [5.41, 5.74) is 1.82. The Bertz CT molecular complexity index is 1260. The van der Waals surface area contributed by atoms with E-state index in [2.05, 4.69) is 6.92 Å². The van der Waals surface area contributed by atoms with E-state index in [0.29, 0.717) is 12.0 Å². The van der Waals surface area contributed by atoms with E-state index in [1.165, 1.54) is 31.4 Å². The zero-order chi connectivity index (χ0) is 27.5. The van der Waals surface area contributed by atoms with Gasteiger partial charge in [-0.1, -0.05) is 81.5 Å². The third kappa shape index (κ3) is 7.65. The van der Waals surface area contributed by atoms with Crippen LogP contribution in [-0.2, 0) is 0 Å². The van der Waals surface area contributed by atoms with Crippen LogP contribution < -0.4 is 4.74 Å². The average molecular weight is 517 g/mol. The van der Waals surface area contributed by atoms with Gasteiger partial charge in [0.2, 0.25) is 0 Å². The molecule has 3 aromatic carbocycles. The van der Waals surface area contributed by atoms with Gasteiger partial charge in [0.25, 0.3) is 0 Å². The number of benzene rings is 3. The second kappa shape index (κ2) is 13.9. The van der Waals surface area contributed by atoms with Crippen molar-refractivity contribution in [1.82, 2.24) is 0 Å². The molecule has 4 N–H and O–H groups in total. The van der Waals surface area contributed by atoms with Crippen molar-refractivity contribution in [3.63, 3.8) is 0 Å². The van der Waals surface area contributed by atoms with Gasteiger partial charge in [-0.3, -0.25) is 4.79 Å². The summed E-state index contributed by atoms with van der Waals surface area (Å²) in [4.78, 5) is 13.2. The van der Waals surface area contributed by atoms with Gasteiger partial charge in [0.1, 0.15) is 34.3 Å². The highest BCUT2D eigenvalue weighted by Gasteiger charge is 2.26. The number of rotatable bonds is 13. The van der Waals surface area contributed by atoms with Crippen LogP contribution in [0.5, 0.6) is 28.7 Å². The SMILES string of the molecule is CCCCCCCC(C=Cc1ccc(O)cc1)c1c(O)cc(OC)c(C(=O)C=Cc2ccc(O)cc2)c1O. The third-order valence-corrected chi connectivity index (χ3v) is 6.47. The molecular weight excluding hydrogens is 480 g/mol. The van der Waals surface area contributed by atoms with Crippen LogP contribution in [0.15, 0.2) is 66.7 Å². The topological polar surface area (TPSA) is 107 Å². The molecule has 200 valence electrons. The first kappa shape index (κ1) is 28.4. The summed E-state index contributed by atoms with van der Waals surface area (Å²) in [6.07, 6.45) is 12.7. The quantitative estimate of drug-likeness (QED) is 0.106. The van der Waals surface area contributed by atoms with Crippen molar-refractivity contribution in [3.8, 4) is 28.7 Å². The number of hydrogen-bond acceptors (Lipinski definition) is 6. The van der Waals surface area contributed by atoms with Crippen LogP contribution in [-0.4, -0.2) is 33.3 Å². The predicted molar refractivity (Wildman–Crippen MR) is 151 cm³/mol. The third-order valence-electron chi connectivity index (χ3n) is 6.47. The molecule has 1 atom stereocenters. The molecule has 0 radical (unpaired) electrons. The molecule has 6 nitrogen and oxygen atoms in total. The van der Waals surface area contributed by atoms with Crippen LogP contribution in [0.2, 0.25) is 0 Å². The molecule has 0 aliphatic rings. The molecule has 0 heterocycles. The molecule has 0 aromatic heterocycles. The standard InChI is InChI=1S/C32H36O6/c1-3-4-5-6-7-8-24(15-9-22-10-16-25(33)17-11-22)30-28(36)21-29(38-2)31(32(30)37)27(35)20-14-23-12-18-26(34)19-13-23/h9-21,24,33-34,36-37H,3-8H2,1-2H3. The lowest BCUT2D eigenvalue weighted by atomic mass is 9.88. The lowest BCUT2D eigenvalue weighted by Crippen LogP contribution is -2.05. The highest BCUT2D eigenvalue weighted by atomic mass is 16.5. The zero-order valence-electron chi connectivity index (χ0n) is 21.9. The number of methoxy groups -OCH3 is 1. The van der Waals surface area contributed by atoms with Crippen LogP contribution >= 0.6 is 0 Å². The minimum Gasteiger partial charge on any atom is -0.508 e. The summed E-state index contributed by atoms with van der Waals surface area (Å²) in [6, 6.07) is 14.5. The number of ether oxygens (including phenoxy) is 1. The summed E-state index contributed by atoms with van der Waals surface area (Å²) in [5.74, 6) is -0.917. The Morgan fingerprint density at radius 2 is 1.42 bits per heavy atom. The van der Waals surface area contributed by atoms with Crippen molar-refractivity contribution in [2.24, 2.45) is 0 Å². The fourth-order valence-corrected chi connectivity index (χ4v) is 4.37. The minimum atomic E-state index is -0.474. The van der Waals surface area contributed by atoms with E-state index in [0.717, 1.165) is 37.7 Å². The Kier molecular flexibility index (Phi) is 10.4. The first-order valence-electron chi connectivity index (χ1n) is 13.0. The van der Waals surface area contributed by atoms with Gasteiger partial charge in [-0.15, -0.1) is 0 Å². The number of phenols is 4. The summed E-state index contributed by atoms with van der Waals surface area (Å²) >= 11 is 0. The van der Waals surface area contributed by atoms with Crippen molar-refractivity contribution in [2.45, 2.75) is 51.4 Å². The molecule has 0 spiro atoms. The van der Waals surface area contributed by atoms with Crippen molar-refractivity contribution < 1.29 is 30.0 Å². The maximum absolute atomic E-state index is 13.2.